The van der Waals surface area contributed by atoms with Crippen LogP contribution >= 0.6 is 11.3 Å². The van der Waals surface area contributed by atoms with Crippen molar-refractivity contribution in [2.24, 2.45) is 5.92 Å². The van der Waals surface area contributed by atoms with Crippen molar-refractivity contribution in [2.75, 3.05) is 5.01 Å². The molecule has 102 valence electrons. The summed E-state index contributed by atoms with van der Waals surface area (Å²) in [5.74, 6) is -1.20. The van der Waals surface area contributed by atoms with E-state index in [1.807, 2.05) is 42.6 Å². The number of carbonyl (C=O) groups is 2. The Balaban J connectivity index is 1.88. The maximum atomic E-state index is 12.5. The summed E-state index contributed by atoms with van der Waals surface area (Å²) in [6.45, 7) is 1.92. The van der Waals surface area contributed by atoms with Crippen LogP contribution in [-0.4, -0.2) is 11.8 Å². The molecule has 1 aliphatic heterocycles. The van der Waals surface area contributed by atoms with Gasteiger partial charge in [0, 0.05) is 10.8 Å². The third-order valence-electron chi connectivity index (χ3n) is 3.50. The second kappa shape index (κ2) is 5.09. The maximum absolute atomic E-state index is 12.5. The Bertz CT molecular complexity index is 625. The lowest BCUT2D eigenvalue weighted by molar-refractivity contribution is -0.128. The molecule has 1 aliphatic rings. The average molecular weight is 286 g/mol. The standard InChI is InChI=1S/C15H14N2O2S/c1-10(12-8-5-9-20-12)13-14(18)16-17(15(13)19)11-6-3-2-4-7-11/h2-10,13H,1H3,(H,16,18). The Morgan fingerprint density at radius 3 is 2.55 bits per heavy atom. The van der Waals surface area contributed by atoms with Gasteiger partial charge in [-0.15, -0.1) is 11.3 Å². The summed E-state index contributed by atoms with van der Waals surface area (Å²) in [6, 6.07) is 13.0. The highest BCUT2D eigenvalue weighted by Crippen LogP contribution is 2.33. The van der Waals surface area contributed by atoms with E-state index in [1.165, 1.54) is 5.01 Å². The number of amides is 2. The van der Waals surface area contributed by atoms with Gasteiger partial charge in [0.1, 0.15) is 5.92 Å². The summed E-state index contributed by atoms with van der Waals surface area (Å²) in [5, 5.41) is 3.30. The van der Waals surface area contributed by atoms with E-state index in [2.05, 4.69) is 5.43 Å². The molecule has 1 aromatic heterocycles. The number of nitrogens with one attached hydrogen (secondary N) is 1. The number of para-hydroxylation sites is 1. The second-order valence-corrected chi connectivity index (χ2v) is 5.75. The van der Waals surface area contributed by atoms with Crippen LogP contribution in [0.4, 0.5) is 5.69 Å². The van der Waals surface area contributed by atoms with Crippen molar-refractivity contribution >= 4 is 28.8 Å². The van der Waals surface area contributed by atoms with Gasteiger partial charge < -0.3 is 0 Å². The zero-order chi connectivity index (χ0) is 14.1. The zero-order valence-corrected chi connectivity index (χ0v) is 11.8. The molecular formula is C15H14N2O2S. The molecule has 0 bridgehead atoms. The summed E-state index contributed by atoms with van der Waals surface area (Å²) in [4.78, 5) is 25.7. The van der Waals surface area contributed by atoms with Crippen LogP contribution in [0.3, 0.4) is 0 Å². The van der Waals surface area contributed by atoms with E-state index >= 15 is 0 Å². The smallest absolute Gasteiger partial charge is 0.258 e. The lowest BCUT2D eigenvalue weighted by Crippen LogP contribution is -2.35. The fraction of sp³-hybridized carbons (Fsp3) is 0.200. The van der Waals surface area contributed by atoms with E-state index in [-0.39, 0.29) is 17.7 Å². The highest BCUT2D eigenvalue weighted by atomic mass is 32.1. The SMILES string of the molecule is CC(c1cccs1)C1C(=O)NN(c2ccccc2)C1=O. The first kappa shape index (κ1) is 12.9. The summed E-state index contributed by atoms with van der Waals surface area (Å²) >= 11 is 1.57. The van der Waals surface area contributed by atoms with E-state index in [0.717, 1.165) is 4.88 Å². The fourth-order valence-electron chi connectivity index (χ4n) is 2.41. The van der Waals surface area contributed by atoms with Crippen molar-refractivity contribution in [1.29, 1.82) is 0 Å². The lowest BCUT2D eigenvalue weighted by Gasteiger charge is -2.16. The molecule has 1 N–H and O–H groups in total. The van der Waals surface area contributed by atoms with Crippen LogP contribution < -0.4 is 10.4 Å². The van der Waals surface area contributed by atoms with Gasteiger partial charge in [0.15, 0.2) is 0 Å². The molecule has 3 rings (SSSR count). The van der Waals surface area contributed by atoms with E-state index < -0.39 is 5.92 Å². The number of anilines is 1. The molecule has 0 radical (unpaired) electrons. The van der Waals surface area contributed by atoms with Gasteiger partial charge in [-0.25, -0.2) is 5.01 Å². The first-order valence-corrected chi connectivity index (χ1v) is 7.29. The van der Waals surface area contributed by atoms with Gasteiger partial charge in [-0.2, -0.15) is 0 Å². The molecule has 0 aliphatic carbocycles. The molecule has 2 aromatic rings. The van der Waals surface area contributed by atoms with Gasteiger partial charge in [0.05, 0.1) is 5.69 Å². The number of benzene rings is 1. The number of thiophene rings is 1. The van der Waals surface area contributed by atoms with Crippen LogP contribution in [0.2, 0.25) is 0 Å². The number of hydrogen-bond acceptors (Lipinski definition) is 3. The Morgan fingerprint density at radius 1 is 1.15 bits per heavy atom. The van der Waals surface area contributed by atoms with Gasteiger partial charge in [0.25, 0.3) is 11.8 Å². The molecule has 4 nitrogen and oxygen atoms in total. The second-order valence-electron chi connectivity index (χ2n) is 4.77. The number of rotatable bonds is 3. The third-order valence-corrected chi connectivity index (χ3v) is 4.57. The minimum Gasteiger partial charge on any atom is -0.272 e. The molecule has 2 unspecified atom stereocenters. The van der Waals surface area contributed by atoms with Crippen LogP contribution in [-0.2, 0) is 9.59 Å². The van der Waals surface area contributed by atoms with Crippen molar-refractivity contribution in [2.45, 2.75) is 12.8 Å². The van der Waals surface area contributed by atoms with Gasteiger partial charge in [-0.1, -0.05) is 31.2 Å². The summed E-state index contributed by atoms with van der Waals surface area (Å²) in [7, 11) is 0. The van der Waals surface area contributed by atoms with Crippen molar-refractivity contribution in [1.82, 2.24) is 5.43 Å². The summed E-state index contributed by atoms with van der Waals surface area (Å²) in [5.41, 5.74) is 3.35. The van der Waals surface area contributed by atoms with Gasteiger partial charge >= 0.3 is 0 Å². The molecule has 20 heavy (non-hydrogen) atoms. The van der Waals surface area contributed by atoms with Crippen molar-refractivity contribution < 1.29 is 9.59 Å². The summed E-state index contributed by atoms with van der Waals surface area (Å²) in [6.07, 6.45) is 0. The quantitative estimate of drug-likeness (QED) is 0.882. The molecular weight excluding hydrogens is 272 g/mol. The molecule has 5 heteroatoms. The monoisotopic (exact) mass is 286 g/mol. The topological polar surface area (TPSA) is 49.4 Å². The number of hydrogen-bond donors (Lipinski definition) is 1. The van der Waals surface area contributed by atoms with Crippen LogP contribution in [0.25, 0.3) is 0 Å². The van der Waals surface area contributed by atoms with Crippen LogP contribution in [0.15, 0.2) is 47.8 Å². The molecule has 0 saturated carbocycles. The molecule has 2 atom stereocenters. The largest absolute Gasteiger partial charge is 0.272 e. The zero-order valence-electron chi connectivity index (χ0n) is 10.9. The van der Waals surface area contributed by atoms with Crippen LogP contribution in [0.5, 0.6) is 0 Å². The first-order chi connectivity index (χ1) is 9.68. The Kier molecular flexibility index (Phi) is 3.28. The van der Waals surface area contributed by atoms with Gasteiger partial charge in [0.2, 0.25) is 0 Å². The van der Waals surface area contributed by atoms with Crippen molar-refractivity contribution in [3.63, 3.8) is 0 Å². The minimum atomic E-state index is -0.658. The van der Waals surface area contributed by atoms with Gasteiger partial charge in [-0.3, -0.25) is 15.0 Å². The molecule has 2 amide bonds. The van der Waals surface area contributed by atoms with Crippen LogP contribution in [0, 0.1) is 5.92 Å². The van der Waals surface area contributed by atoms with E-state index in [9.17, 15) is 9.59 Å². The normalized spacial score (nSPS) is 20.1. The fourth-order valence-corrected chi connectivity index (χ4v) is 3.23. The van der Waals surface area contributed by atoms with E-state index in [1.54, 1.807) is 23.5 Å². The molecule has 1 fully saturated rings. The highest BCUT2D eigenvalue weighted by molar-refractivity contribution is 7.10. The van der Waals surface area contributed by atoms with Crippen LogP contribution in [0.1, 0.15) is 17.7 Å². The first-order valence-electron chi connectivity index (χ1n) is 6.41. The Hall–Kier alpha value is -2.14. The van der Waals surface area contributed by atoms with Crippen molar-refractivity contribution in [3.8, 4) is 0 Å². The maximum Gasteiger partial charge on any atom is 0.258 e. The Labute approximate surface area is 121 Å². The predicted molar refractivity (Wildman–Crippen MR) is 78.3 cm³/mol. The third kappa shape index (κ3) is 2.10. The van der Waals surface area contributed by atoms with Gasteiger partial charge in [-0.05, 0) is 23.6 Å². The van der Waals surface area contributed by atoms with Crippen molar-refractivity contribution in [3.05, 3.63) is 52.7 Å². The number of nitrogens with zero attached hydrogens (tertiary/aromatic N) is 1. The Morgan fingerprint density at radius 2 is 1.90 bits per heavy atom. The molecule has 2 heterocycles. The lowest BCUT2D eigenvalue weighted by atomic mass is 9.92. The van der Waals surface area contributed by atoms with E-state index in [4.69, 9.17) is 0 Å². The van der Waals surface area contributed by atoms with E-state index in [0.29, 0.717) is 5.69 Å². The summed E-state index contributed by atoms with van der Waals surface area (Å²) < 4.78 is 0. The molecule has 1 aromatic carbocycles. The molecule has 0 spiro atoms. The highest BCUT2D eigenvalue weighted by Gasteiger charge is 2.43. The number of carbonyl (C=O) groups excluding carboxylic acids is 2. The molecule has 1 saturated heterocycles. The number of hydrazine groups is 1. The minimum absolute atomic E-state index is 0.115. The predicted octanol–water partition coefficient (Wildman–Crippen LogP) is 2.55. The average Bonchev–Trinajstić information content (AvgIpc) is 3.08.